The van der Waals surface area contributed by atoms with Gasteiger partial charge in [0.05, 0.1) is 7.11 Å². The number of rotatable bonds is 11. The van der Waals surface area contributed by atoms with E-state index in [4.69, 9.17) is 4.74 Å². The van der Waals surface area contributed by atoms with Gasteiger partial charge < -0.3 is 25.0 Å². The number of benzene rings is 1. The fourth-order valence-electron chi connectivity index (χ4n) is 3.75. The van der Waals surface area contributed by atoms with Crippen LogP contribution in [0.3, 0.4) is 0 Å². The fourth-order valence-corrected chi connectivity index (χ4v) is 3.75. The molecule has 0 saturated carbocycles. The second-order valence-corrected chi connectivity index (χ2v) is 10.0. The van der Waals surface area contributed by atoms with Crippen LogP contribution >= 0.6 is 0 Å². The maximum Gasteiger partial charge on any atom is 0.408 e. The number of esters is 1. The van der Waals surface area contributed by atoms with Crippen molar-refractivity contribution in [2.75, 3.05) is 20.2 Å². The third-order valence-corrected chi connectivity index (χ3v) is 6.03. The maximum atomic E-state index is 14.0. The molecule has 0 aliphatic rings. The normalized spacial score (nSPS) is 13.7. The molecule has 0 bridgehead atoms. The Hall–Kier alpha value is -3.10. The number of amides is 3. The number of methoxy groups -OCH3 is 1. The topological polar surface area (TPSA) is 114 Å². The van der Waals surface area contributed by atoms with Gasteiger partial charge in [0.25, 0.3) is 0 Å². The van der Waals surface area contributed by atoms with Gasteiger partial charge in [-0.15, -0.1) is 0 Å². The predicted molar refractivity (Wildman–Crippen MR) is 138 cm³/mol. The van der Waals surface area contributed by atoms with Gasteiger partial charge in [-0.3, -0.25) is 14.4 Å². The van der Waals surface area contributed by atoms with Crippen molar-refractivity contribution in [2.45, 2.75) is 85.9 Å². The first kappa shape index (κ1) is 30.9. The Morgan fingerprint density at radius 2 is 1.72 bits per heavy atom. The summed E-state index contributed by atoms with van der Waals surface area (Å²) >= 11 is 0. The van der Waals surface area contributed by atoms with Crippen LogP contribution in [0, 0.1) is 19.8 Å². The van der Waals surface area contributed by atoms with Crippen molar-refractivity contribution in [3.8, 4) is 0 Å². The Labute approximate surface area is 215 Å². The van der Waals surface area contributed by atoms with Crippen LogP contribution in [0.1, 0.15) is 77.1 Å². The molecule has 0 fully saturated rings. The zero-order valence-electron chi connectivity index (χ0n) is 23.2. The summed E-state index contributed by atoms with van der Waals surface area (Å²) in [5.74, 6) is -1.71. The van der Waals surface area contributed by atoms with Crippen LogP contribution in [0.5, 0.6) is 0 Å². The summed E-state index contributed by atoms with van der Waals surface area (Å²) in [6, 6.07) is 3.66. The van der Waals surface area contributed by atoms with E-state index in [9.17, 15) is 19.2 Å². The minimum absolute atomic E-state index is 0.221. The van der Waals surface area contributed by atoms with Gasteiger partial charge >= 0.3 is 12.1 Å². The van der Waals surface area contributed by atoms with Gasteiger partial charge in [-0.1, -0.05) is 45.4 Å². The molecule has 202 valence electrons. The Morgan fingerprint density at radius 1 is 1.08 bits per heavy atom. The van der Waals surface area contributed by atoms with Crippen molar-refractivity contribution in [3.63, 3.8) is 0 Å². The Balaban J connectivity index is 3.53. The summed E-state index contributed by atoms with van der Waals surface area (Å²) < 4.78 is 10.1. The third-order valence-electron chi connectivity index (χ3n) is 6.03. The zero-order chi connectivity index (χ0) is 27.6. The molecule has 9 heteroatoms. The average molecular weight is 506 g/mol. The van der Waals surface area contributed by atoms with E-state index < -0.39 is 41.6 Å². The minimum atomic E-state index is -1.01. The lowest BCUT2D eigenvalue weighted by molar-refractivity contribution is -0.145. The summed E-state index contributed by atoms with van der Waals surface area (Å²) in [6.45, 7) is 14.7. The number of nitrogens with one attached hydrogen (secondary N) is 2. The number of hydrogen-bond donors (Lipinski definition) is 2. The highest BCUT2D eigenvalue weighted by Crippen LogP contribution is 2.28. The molecule has 0 radical (unpaired) electrons. The van der Waals surface area contributed by atoms with Crippen LogP contribution in [0.25, 0.3) is 0 Å². The van der Waals surface area contributed by atoms with Gasteiger partial charge in [-0.05, 0) is 63.6 Å². The molecule has 36 heavy (non-hydrogen) atoms. The van der Waals surface area contributed by atoms with Crippen molar-refractivity contribution in [2.24, 2.45) is 5.92 Å². The van der Waals surface area contributed by atoms with Crippen LogP contribution in [0.2, 0.25) is 0 Å². The Kier molecular flexibility index (Phi) is 11.9. The van der Waals surface area contributed by atoms with Crippen LogP contribution in [-0.2, 0) is 23.9 Å². The standard InChI is InChI=1S/C27H43N3O6/c1-10-15-30(25(33)22(17(3)11-2)29-26(34)36-27(6,7)8)23(24(32)28-16-21(31)35-9)20-14-12-13-18(4)19(20)5/h12-14,17,22-23H,10-11,15-16H2,1-9H3,(H,28,32)(H,29,34). The highest BCUT2D eigenvalue weighted by atomic mass is 16.6. The summed E-state index contributed by atoms with van der Waals surface area (Å²) in [5.41, 5.74) is 1.75. The van der Waals surface area contributed by atoms with Gasteiger partial charge in [-0.25, -0.2) is 4.79 Å². The molecule has 3 amide bonds. The van der Waals surface area contributed by atoms with Crippen LogP contribution in [-0.4, -0.2) is 60.6 Å². The van der Waals surface area contributed by atoms with E-state index in [-0.39, 0.29) is 19.0 Å². The third kappa shape index (κ3) is 8.84. The van der Waals surface area contributed by atoms with E-state index in [1.54, 1.807) is 26.8 Å². The summed E-state index contributed by atoms with van der Waals surface area (Å²) in [7, 11) is 1.24. The fraction of sp³-hybridized carbons (Fsp3) is 0.630. The van der Waals surface area contributed by atoms with Crippen molar-refractivity contribution < 1.29 is 28.7 Å². The Morgan fingerprint density at radius 3 is 2.25 bits per heavy atom. The summed E-state index contributed by atoms with van der Waals surface area (Å²) in [5, 5.41) is 5.34. The van der Waals surface area contributed by atoms with Crippen molar-refractivity contribution >= 4 is 23.9 Å². The molecular formula is C27H43N3O6. The van der Waals surface area contributed by atoms with Crippen LogP contribution in [0.4, 0.5) is 4.79 Å². The number of carbonyl (C=O) groups is 4. The zero-order valence-corrected chi connectivity index (χ0v) is 23.2. The van der Waals surface area contributed by atoms with Crippen LogP contribution < -0.4 is 10.6 Å². The average Bonchev–Trinajstić information content (AvgIpc) is 2.81. The van der Waals surface area contributed by atoms with Crippen molar-refractivity contribution in [1.29, 1.82) is 0 Å². The van der Waals surface area contributed by atoms with Gasteiger partial charge in [-0.2, -0.15) is 0 Å². The SMILES string of the molecule is CCCN(C(=O)C(NC(=O)OC(C)(C)C)C(C)CC)C(C(=O)NCC(=O)OC)c1cccc(C)c1C. The van der Waals surface area contributed by atoms with Crippen molar-refractivity contribution in [3.05, 3.63) is 34.9 Å². The highest BCUT2D eigenvalue weighted by Gasteiger charge is 2.38. The molecule has 0 aliphatic carbocycles. The number of hydrogen-bond acceptors (Lipinski definition) is 6. The highest BCUT2D eigenvalue weighted by molar-refractivity contribution is 5.93. The molecule has 0 spiro atoms. The first-order valence-corrected chi connectivity index (χ1v) is 12.5. The molecule has 1 rings (SSSR count). The van der Waals surface area contributed by atoms with Gasteiger partial charge in [0.1, 0.15) is 24.2 Å². The molecule has 0 aliphatic heterocycles. The van der Waals surface area contributed by atoms with E-state index in [1.807, 2.05) is 46.8 Å². The monoisotopic (exact) mass is 505 g/mol. The van der Waals surface area contributed by atoms with E-state index in [0.717, 1.165) is 11.1 Å². The van der Waals surface area contributed by atoms with Crippen LogP contribution in [0.15, 0.2) is 18.2 Å². The number of ether oxygens (including phenoxy) is 2. The molecule has 2 N–H and O–H groups in total. The molecule has 0 heterocycles. The summed E-state index contributed by atoms with van der Waals surface area (Å²) in [4.78, 5) is 53.4. The molecule has 1 aromatic carbocycles. The minimum Gasteiger partial charge on any atom is -0.468 e. The quantitative estimate of drug-likeness (QED) is 0.442. The number of aryl methyl sites for hydroxylation is 1. The lowest BCUT2D eigenvalue weighted by Gasteiger charge is -2.36. The molecule has 0 aromatic heterocycles. The van der Waals surface area contributed by atoms with Gasteiger partial charge in [0.15, 0.2) is 0 Å². The molecule has 9 nitrogen and oxygen atoms in total. The first-order chi connectivity index (χ1) is 16.8. The van der Waals surface area contributed by atoms with Gasteiger partial charge in [0.2, 0.25) is 11.8 Å². The van der Waals surface area contributed by atoms with E-state index in [2.05, 4.69) is 15.4 Å². The lowest BCUT2D eigenvalue weighted by atomic mass is 9.93. The van der Waals surface area contributed by atoms with E-state index >= 15 is 0 Å². The van der Waals surface area contributed by atoms with Gasteiger partial charge in [0, 0.05) is 6.54 Å². The predicted octanol–water partition coefficient (Wildman–Crippen LogP) is 3.81. The number of nitrogens with zero attached hydrogens (tertiary/aromatic N) is 1. The molecule has 3 unspecified atom stereocenters. The first-order valence-electron chi connectivity index (χ1n) is 12.5. The number of carbonyl (C=O) groups excluding carboxylic acids is 4. The van der Waals surface area contributed by atoms with E-state index in [0.29, 0.717) is 18.4 Å². The van der Waals surface area contributed by atoms with Crippen molar-refractivity contribution in [1.82, 2.24) is 15.5 Å². The number of alkyl carbamates (subject to hydrolysis) is 1. The second-order valence-electron chi connectivity index (χ2n) is 10.0. The Bertz CT molecular complexity index is 925. The van der Waals surface area contributed by atoms with E-state index in [1.165, 1.54) is 12.0 Å². The molecular weight excluding hydrogens is 462 g/mol. The smallest absolute Gasteiger partial charge is 0.408 e. The second kappa shape index (κ2) is 13.8. The molecule has 0 saturated heterocycles. The lowest BCUT2D eigenvalue weighted by Crippen LogP contribution is -2.55. The largest absolute Gasteiger partial charge is 0.468 e. The summed E-state index contributed by atoms with van der Waals surface area (Å²) in [6.07, 6.45) is 0.502. The molecule has 3 atom stereocenters. The maximum absolute atomic E-state index is 14.0. The molecule has 1 aromatic rings.